The average molecular weight is 428 g/mol. The molecule has 0 fully saturated rings. The number of hydrogen-bond donors (Lipinski definition) is 0. The van der Waals surface area contributed by atoms with Gasteiger partial charge in [0.15, 0.2) is 5.82 Å². The molecule has 0 aliphatic carbocycles. The second-order valence-corrected chi connectivity index (χ2v) is 7.67. The van der Waals surface area contributed by atoms with Gasteiger partial charge >= 0.3 is 0 Å². The number of benzene rings is 3. The van der Waals surface area contributed by atoms with Gasteiger partial charge in [0.1, 0.15) is 17.2 Å². The summed E-state index contributed by atoms with van der Waals surface area (Å²) < 4.78 is 7.88. The van der Waals surface area contributed by atoms with E-state index in [9.17, 15) is 0 Å². The Kier molecular flexibility index (Phi) is 4.70. The van der Waals surface area contributed by atoms with E-state index in [1.807, 2.05) is 72.9 Å². The Hall–Kier alpha value is -4.64. The van der Waals surface area contributed by atoms with Crippen LogP contribution >= 0.6 is 0 Å². The summed E-state index contributed by atoms with van der Waals surface area (Å²) in [6.45, 7) is 0. The van der Waals surface area contributed by atoms with Gasteiger partial charge in [-0.25, -0.2) is 9.67 Å². The molecule has 5 nitrogen and oxygen atoms in total. The fraction of sp³-hybridized carbons (Fsp3) is 0. The third-order valence-corrected chi connectivity index (χ3v) is 5.52. The molecule has 0 saturated carbocycles. The maximum Gasteiger partial charge on any atom is 0.155 e. The number of nitrogens with zero attached hydrogens (tertiary/aromatic N) is 4. The van der Waals surface area contributed by atoms with Gasteiger partial charge in [-0.15, -0.1) is 0 Å². The highest BCUT2D eigenvalue weighted by Crippen LogP contribution is 2.36. The smallest absolute Gasteiger partial charge is 0.155 e. The van der Waals surface area contributed by atoms with Crippen LogP contribution in [-0.2, 0) is 0 Å². The minimum absolute atomic E-state index is 0.756. The fourth-order valence-electron chi connectivity index (χ4n) is 3.98. The first-order chi connectivity index (χ1) is 16.3. The predicted molar refractivity (Wildman–Crippen MR) is 131 cm³/mol. The molecule has 0 amide bonds. The summed E-state index contributed by atoms with van der Waals surface area (Å²) in [6.07, 6.45) is 3.64. The van der Waals surface area contributed by atoms with E-state index in [4.69, 9.17) is 9.40 Å². The van der Waals surface area contributed by atoms with Gasteiger partial charge in [0.25, 0.3) is 0 Å². The topological polar surface area (TPSA) is 47.1 Å². The molecule has 0 bridgehead atoms. The molecule has 6 rings (SSSR count). The van der Waals surface area contributed by atoms with E-state index < -0.39 is 0 Å². The maximum absolute atomic E-state index is 6.12. The van der Waals surface area contributed by atoms with Crippen molar-refractivity contribution in [2.75, 3.05) is 4.90 Å². The van der Waals surface area contributed by atoms with Gasteiger partial charge in [-0.2, -0.15) is 5.10 Å². The van der Waals surface area contributed by atoms with E-state index in [1.54, 1.807) is 10.9 Å². The third-order valence-electron chi connectivity index (χ3n) is 5.52. The highest BCUT2D eigenvalue weighted by molar-refractivity contribution is 5.84. The SMILES string of the molecule is c1ccc(N(c2cccc(-c3cc4ccccc4o3)c2)c2cccc(-n3cccn3)n2)cc1. The molecule has 3 heterocycles. The first-order valence-electron chi connectivity index (χ1n) is 10.8. The van der Waals surface area contributed by atoms with Gasteiger partial charge in [-0.05, 0) is 54.6 Å². The molecule has 6 aromatic rings. The maximum atomic E-state index is 6.12. The number of rotatable bonds is 5. The summed E-state index contributed by atoms with van der Waals surface area (Å²) in [5, 5.41) is 5.42. The summed E-state index contributed by atoms with van der Waals surface area (Å²) in [6, 6.07) is 36.6. The summed E-state index contributed by atoms with van der Waals surface area (Å²) in [5.41, 5.74) is 3.90. The molecule has 0 radical (unpaired) electrons. The van der Waals surface area contributed by atoms with Crippen molar-refractivity contribution >= 4 is 28.2 Å². The van der Waals surface area contributed by atoms with Gasteiger partial charge in [0, 0.05) is 34.7 Å². The average Bonchev–Trinajstić information content (AvgIpc) is 3.56. The van der Waals surface area contributed by atoms with Crippen LogP contribution in [-0.4, -0.2) is 14.8 Å². The van der Waals surface area contributed by atoms with E-state index in [0.717, 1.165) is 45.3 Å². The molecular weight excluding hydrogens is 408 g/mol. The second kappa shape index (κ2) is 8.13. The van der Waals surface area contributed by atoms with Crippen LogP contribution in [0.2, 0.25) is 0 Å². The van der Waals surface area contributed by atoms with E-state index in [0.29, 0.717) is 0 Å². The second-order valence-electron chi connectivity index (χ2n) is 7.67. The van der Waals surface area contributed by atoms with Crippen LogP contribution in [0.4, 0.5) is 17.2 Å². The molecule has 3 aromatic carbocycles. The van der Waals surface area contributed by atoms with Crippen molar-refractivity contribution in [3.05, 3.63) is 122 Å². The quantitative estimate of drug-likeness (QED) is 0.292. The molecule has 0 saturated heterocycles. The molecule has 0 aliphatic heterocycles. The number of aromatic nitrogens is 3. The van der Waals surface area contributed by atoms with Crippen LogP contribution in [0.15, 0.2) is 126 Å². The molecule has 0 atom stereocenters. The lowest BCUT2D eigenvalue weighted by Crippen LogP contribution is -2.12. The van der Waals surface area contributed by atoms with Gasteiger partial charge in [-0.3, -0.25) is 4.90 Å². The predicted octanol–water partition coefficient (Wildman–Crippen LogP) is 7.15. The van der Waals surface area contributed by atoms with Crippen molar-refractivity contribution in [3.8, 4) is 17.1 Å². The standard InChI is InChI=1S/C28H20N4O/c1-2-11-23(12-3-1)32(28-16-7-15-27(30-28)31-18-8-17-29-31)24-13-6-10-21(19-24)26-20-22-9-4-5-14-25(22)33-26/h1-20H. The number of furan rings is 1. The first kappa shape index (κ1) is 19.1. The van der Waals surface area contributed by atoms with E-state index in [2.05, 4.69) is 52.5 Å². The lowest BCUT2D eigenvalue weighted by Gasteiger charge is -2.25. The van der Waals surface area contributed by atoms with Crippen LogP contribution in [0.3, 0.4) is 0 Å². The van der Waals surface area contributed by atoms with Gasteiger partial charge in [0.05, 0.1) is 0 Å². The Labute approximate surface area is 191 Å². The molecule has 0 aliphatic rings. The number of fused-ring (bicyclic) bond motifs is 1. The van der Waals surface area contributed by atoms with Crippen LogP contribution in [0, 0.1) is 0 Å². The minimum atomic E-state index is 0.756. The monoisotopic (exact) mass is 428 g/mol. The largest absolute Gasteiger partial charge is 0.456 e. The van der Waals surface area contributed by atoms with Crippen molar-refractivity contribution in [2.45, 2.75) is 0 Å². The highest BCUT2D eigenvalue weighted by atomic mass is 16.3. The fourth-order valence-corrected chi connectivity index (χ4v) is 3.98. The molecule has 0 unspecified atom stereocenters. The zero-order valence-corrected chi connectivity index (χ0v) is 17.7. The lowest BCUT2D eigenvalue weighted by atomic mass is 10.1. The Morgan fingerprint density at radius 2 is 1.52 bits per heavy atom. The van der Waals surface area contributed by atoms with Crippen molar-refractivity contribution in [2.24, 2.45) is 0 Å². The normalized spacial score (nSPS) is 11.0. The zero-order valence-electron chi connectivity index (χ0n) is 17.7. The lowest BCUT2D eigenvalue weighted by molar-refractivity contribution is 0.631. The molecule has 0 N–H and O–H groups in total. The van der Waals surface area contributed by atoms with E-state index in [-0.39, 0.29) is 0 Å². The molecule has 5 heteroatoms. The Balaban J connectivity index is 1.48. The minimum Gasteiger partial charge on any atom is -0.456 e. The van der Waals surface area contributed by atoms with Crippen LogP contribution in [0.1, 0.15) is 0 Å². The van der Waals surface area contributed by atoms with Crippen molar-refractivity contribution in [3.63, 3.8) is 0 Å². The van der Waals surface area contributed by atoms with Crippen LogP contribution < -0.4 is 4.90 Å². The van der Waals surface area contributed by atoms with E-state index in [1.165, 1.54) is 0 Å². The molecule has 33 heavy (non-hydrogen) atoms. The van der Waals surface area contributed by atoms with Gasteiger partial charge in [0.2, 0.25) is 0 Å². The number of para-hydroxylation sites is 2. The molecule has 3 aromatic heterocycles. The van der Waals surface area contributed by atoms with Crippen molar-refractivity contribution < 1.29 is 4.42 Å². The zero-order chi connectivity index (χ0) is 22.0. The van der Waals surface area contributed by atoms with Gasteiger partial charge in [-0.1, -0.05) is 54.6 Å². The Morgan fingerprint density at radius 1 is 0.697 bits per heavy atom. The third kappa shape index (κ3) is 3.66. The van der Waals surface area contributed by atoms with Crippen LogP contribution in [0.5, 0.6) is 0 Å². The highest BCUT2D eigenvalue weighted by Gasteiger charge is 2.16. The van der Waals surface area contributed by atoms with Crippen molar-refractivity contribution in [1.82, 2.24) is 14.8 Å². The molecule has 158 valence electrons. The number of hydrogen-bond acceptors (Lipinski definition) is 4. The first-order valence-corrected chi connectivity index (χ1v) is 10.8. The summed E-state index contributed by atoms with van der Waals surface area (Å²) >= 11 is 0. The van der Waals surface area contributed by atoms with Gasteiger partial charge < -0.3 is 4.42 Å². The van der Waals surface area contributed by atoms with E-state index >= 15 is 0 Å². The Morgan fingerprint density at radius 3 is 2.36 bits per heavy atom. The number of pyridine rings is 1. The molecular formula is C28H20N4O. The summed E-state index contributed by atoms with van der Waals surface area (Å²) in [4.78, 5) is 7.05. The van der Waals surface area contributed by atoms with Crippen molar-refractivity contribution in [1.29, 1.82) is 0 Å². The van der Waals surface area contributed by atoms with Crippen LogP contribution in [0.25, 0.3) is 28.1 Å². The molecule has 0 spiro atoms. The summed E-state index contributed by atoms with van der Waals surface area (Å²) in [5.74, 6) is 2.40. The summed E-state index contributed by atoms with van der Waals surface area (Å²) in [7, 11) is 0. The Bertz CT molecular complexity index is 1490. The number of anilines is 3.